The summed E-state index contributed by atoms with van der Waals surface area (Å²) in [5, 5.41) is 4.61. The van der Waals surface area contributed by atoms with Crippen LogP contribution >= 0.6 is 11.8 Å². The average molecular weight is 360 g/mol. The average Bonchev–Trinajstić information content (AvgIpc) is 3.17. The van der Waals surface area contributed by atoms with Gasteiger partial charge in [-0.2, -0.15) is 4.98 Å². The molecule has 0 amide bonds. The topological polar surface area (TPSA) is 95.4 Å². The first-order valence-electron chi connectivity index (χ1n) is 7.58. The summed E-state index contributed by atoms with van der Waals surface area (Å²) in [7, 11) is 0. The zero-order chi connectivity index (χ0) is 17.8. The molecule has 0 aliphatic carbocycles. The molecule has 7 nitrogen and oxygen atoms in total. The molecule has 2 aromatic heterocycles. The predicted molar refractivity (Wildman–Crippen MR) is 91.4 cm³/mol. The highest BCUT2D eigenvalue weighted by Gasteiger charge is 2.19. The molecule has 25 heavy (non-hydrogen) atoms. The van der Waals surface area contributed by atoms with Crippen molar-refractivity contribution in [2.45, 2.75) is 19.6 Å². The third-order valence-corrected chi connectivity index (χ3v) is 4.38. The molecule has 2 heterocycles. The fraction of sp³-hybridized carbons (Fsp3) is 0.294. The Hall–Kier alpha value is -2.61. The van der Waals surface area contributed by atoms with E-state index in [-0.39, 0.29) is 23.9 Å². The van der Waals surface area contributed by atoms with E-state index in [1.54, 1.807) is 13.0 Å². The first-order valence-corrected chi connectivity index (χ1v) is 8.74. The van der Waals surface area contributed by atoms with E-state index in [4.69, 9.17) is 13.7 Å². The van der Waals surface area contributed by atoms with Gasteiger partial charge in [0.2, 0.25) is 11.7 Å². The van der Waals surface area contributed by atoms with Gasteiger partial charge in [-0.05, 0) is 13.0 Å². The van der Waals surface area contributed by atoms with Gasteiger partial charge in [0, 0.05) is 17.9 Å². The van der Waals surface area contributed by atoms with Crippen molar-refractivity contribution in [2.75, 3.05) is 12.4 Å². The van der Waals surface area contributed by atoms with E-state index < -0.39 is 5.97 Å². The number of aryl methyl sites for hydroxylation is 2. The standard InChI is InChI=1S/C17H16N2O5S/c1-10-12-5-3-4-6-14(12)23-17(10)13(20)7-22-16(21)9-25-8-15-18-11(2)24-19-15/h3-6H,7-9H2,1-2H3. The van der Waals surface area contributed by atoms with Crippen molar-refractivity contribution in [3.8, 4) is 0 Å². The fourth-order valence-electron chi connectivity index (χ4n) is 2.32. The van der Waals surface area contributed by atoms with Crippen LogP contribution in [0.2, 0.25) is 0 Å². The van der Waals surface area contributed by atoms with Gasteiger partial charge in [0.25, 0.3) is 0 Å². The van der Waals surface area contributed by atoms with E-state index in [1.165, 1.54) is 11.8 Å². The molecule has 0 fully saturated rings. The highest BCUT2D eigenvalue weighted by Crippen LogP contribution is 2.25. The van der Waals surface area contributed by atoms with Gasteiger partial charge in [0.1, 0.15) is 5.58 Å². The lowest BCUT2D eigenvalue weighted by molar-refractivity contribution is -0.139. The Bertz CT molecular complexity index is 915. The molecular weight excluding hydrogens is 344 g/mol. The molecule has 0 saturated heterocycles. The third kappa shape index (κ3) is 4.08. The zero-order valence-corrected chi connectivity index (χ0v) is 14.6. The highest BCUT2D eigenvalue weighted by atomic mass is 32.2. The molecule has 130 valence electrons. The number of Topliss-reactive ketones (excluding diaryl/α,β-unsaturated/α-hetero) is 1. The quantitative estimate of drug-likeness (QED) is 0.468. The summed E-state index contributed by atoms with van der Waals surface area (Å²) in [6.07, 6.45) is 0. The van der Waals surface area contributed by atoms with Gasteiger partial charge in [0.15, 0.2) is 18.2 Å². The Morgan fingerprint density at radius 2 is 2.04 bits per heavy atom. The second-order valence-corrected chi connectivity index (χ2v) is 6.34. The third-order valence-electron chi connectivity index (χ3n) is 3.48. The van der Waals surface area contributed by atoms with Crippen LogP contribution < -0.4 is 0 Å². The summed E-state index contributed by atoms with van der Waals surface area (Å²) < 4.78 is 15.4. The number of ether oxygens (including phenoxy) is 1. The maximum atomic E-state index is 12.2. The summed E-state index contributed by atoms with van der Waals surface area (Å²) in [5.74, 6) is 0.912. The number of hydrogen-bond donors (Lipinski definition) is 0. The molecule has 0 spiro atoms. The van der Waals surface area contributed by atoms with Crippen LogP contribution in [0.25, 0.3) is 11.0 Å². The number of carbonyl (C=O) groups is 2. The minimum atomic E-state index is -0.479. The number of hydrogen-bond acceptors (Lipinski definition) is 8. The second kappa shape index (κ2) is 7.52. The van der Waals surface area contributed by atoms with Gasteiger partial charge in [0.05, 0.1) is 11.5 Å². The van der Waals surface area contributed by atoms with Crippen molar-refractivity contribution in [3.05, 3.63) is 47.3 Å². The van der Waals surface area contributed by atoms with Crippen LogP contribution in [0.3, 0.4) is 0 Å². The Balaban J connectivity index is 1.49. The van der Waals surface area contributed by atoms with Crippen LogP contribution in [0.1, 0.15) is 27.8 Å². The lowest BCUT2D eigenvalue weighted by Gasteiger charge is -2.03. The Morgan fingerprint density at radius 1 is 1.24 bits per heavy atom. The molecule has 0 radical (unpaired) electrons. The number of fused-ring (bicyclic) bond motifs is 1. The molecule has 0 saturated carbocycles. The van der Waals surface area contributed by atoms with Crippen LogP contribution in [0.15, 0.2) is 33.2 Å². The first-order chi connectivity index (χ1) is 12.0. The maximum absolute atomic E-state index is 12.2. The summed E-state index contributed by atoms with van der Waals surface area (Å²) in [5.41, 5.74) is 1.39. The van der Waals surface area contributed by atoms with E-state index in [0.717, 1.165) is 10.9 Å². The van der Waals surface area contributed by atoms with E-state index >= 15 is 0 Å². The lowest BCUT2D eigenvalue weighted by Crippen LogP contribution is -2.15. The molecule has 1 aromatic carbocycles. The van der Waals surface area contributed by atoms with Gasteiger partial charge in [-0.25, -0.2) is 0 Å². The predicted octanol–water partition coefficient (Wildman–Crippen LogP) is 3.09. The number of esters is 1. The fourth-order valence-corrected chi connectivity index (χ4v) is 2.97. The van der Waals surface area contributed by atoms with Gasteiger partial charge < -0.3 is 13.7 Å². The number of benzene rings is 1. The Kier molecular flexibility index (Phi) is 5.18. The molecule has 0 atom stereocenters. The van der Waals surface area contributed by atoms with Gasteiger partial charge in [-0.3, -0.25) is 9.59 Å². The van der Waals surface area contributed by atoms with Gasteiger partial charge in [-0.15, -0.1) is 11.8 Å². The maximum Gasteiger partial charge on any atom is 0.316 e. The molecule has 0 unspecified atom stereocenters. The van der Waals surface area contributed by atoms with Crippen LogP contribution in [0.4, 0.5) is 0 Å². The number of thioether (sulfide) groups is 1. The summed E-state index contributed by atoms with van der Waals surface area (Å²) >= 11 is 1.29. The molecule has 0 bridgehead atoms. The van der Waals surface area contributed by atoms with Crippen molar-refractivity contribution in [1.29, 1.82) is 0 Å². The minimum absolute atomic E-state index is 0.0972. The molecule has 3 aromatic rings. The van der Waals surface area contributed by atoms with Crippen molar-refractivity contribution >= 4 is 34.5 Å². The summed E-state index contributed by atoms with van der Waals surface area (Å²) in [6, 6.07) is 7.39. The van der Waals surface area contributed by atoms with E-state index in [0.29, 0.717) is 23.1 Å². The van der Waals surface area contributed by atoms with Crippen LogP contribution in [-0.4, -0.2) is 34.3 Å². The number of nitrogens with zero attached hydrogens (tertiary/aromatic N) is 2. The van der Waals surface area contributed by atoms with Crippen LogP contribution in [0.5, 0.6) is 0 Å². The molecule has 0 aliphatic heterocycles. The van der Waals surface area contributed by atoms with Crippen molar-refractivity contribution in [3.63, 3.8) is 0 Å². The van der Waals surface area contributed by atoms with Gasteiger partial charge >= 0.3 is 5.97 Å². The molecule has 0 aliphatic rings. The van der Waals surface area contributed by atoms with Gasteiger partial charge in [-0.1, -0.05) is 23.4 Å². The Morgan fingerprint density at radius 3 is 2.76 bits per heavy atom. The zero-order valence-electron chi connectivity index (χ0n) is 13.8. The van der Waals surface area contributed by atoms with Crippen molar-refractivity contribution in [2.24, 2.45) is 0 Å². The van der Waals surface area contributed by atoms with E-state index in [1.807, 2.05) is 25.1 Å². The number of ketones is 1. The monoisotopic (exact) mass is 360 g/mol. The number of carbonyl (C=O) groups excluding carboxylic acids is 2. The smallest absolute Gasteiger partial charge is 0.316 e. The van der Waals surface area contributed by atoms with E-state index in [9.17, 15) is 9.59 Å². The molecule has 0 N–H and O–H groups in total. The summed E-state index contributed by atoms with van der Waals surface area (Å²) in [4.78, 5) is 28.0. The lowest BCUT2D eigenvalue weighted by atomic mass is 10.1. The van der Waals surface area contributed by atoms with Crippen LogP contribution in [-0.2, 0) is 15.3 Å². The summed E-state index contributed by atoms with van der Waals surface area (Å²) in [6.45, 7) is 3.16. The Labute approximate surface area is 147 Å². The van der Waals surface area contributed by atoms with E-state index in [2.05, 4.69) is 10.1 Å². The van der Waals surface area contributed by atoms with Crippen molar-refractivity contribution in [1.82, 2.24) is 10.1 Å². The number of rotatable bonds is 7. The minimum Gasteiger partial charge on any atom is -0.457 e. The SMILES string of the molecule is Cc1nc(CSCC(=O)OCC(=O)c2oc3ccccc3c2C)no1. The largest absolute Gasteiger partial charge is 0.457 e. The van der Waals surface area contributed by atoms with Crippen LogP contribution in [0, 0.1) is 13.8 Å². The molecule has 8 heteroatoms. The second-order valence-electron chi connectivity index (χ2n) is 5.36. The van der Waals surface area contributed by atoms with Crippen molar-refractivity contribution < 1.29 is 23.3 Å². The molecule has 3 rings (SSSR count). The normalized spacial score (nSPS) is 11.0. The number of para-hydroxylation sites is 1. The number of aromatic nitrogens is 2. The highest BCUT2D eigenvalue weighted by molar-refractivity contribution is 7.99. The number of furan rings is 1. The molecular formula is C17H16N2O5S. The first kappa shape index (κ1) is 17.2.